The van der Waals surface area contributed by atoms with Crippen LogP contribution in [0.4, 0.5) is 0 Å². The van der Waals surface area contributed by atoms with Crippen LogP contribution in [0.25, 0.3) is 0 Å². The largest absolute Gasteiger partial charge is 0.496 e. The van der Waals surface area contributed by atoms with Crippen molar-refractivity contribution in [2.45, 2.75) is 32.9 Å². The Labute approximate surface area is 104 Å². The molecule has 1 aromatic rings. The average molecular weight is 237 g/mol. The molecule has 0 aromatic heterocycles. The molecule has 0 unspecified atom stereocenters. The summed E-state index contributed by atoms with van der Waals surface area (Å²) >= 11 is 0. The molecule has 17 heavy (non-hydrogen) atoms. The summed E-state index contributed by atoms with van der Waals surface area (Å²) in [6.07, 6.45) is 0. The standard InChI is InChI=1S/C14H23NO2/c1-11-8-12(6-7-13(11)17-5)9-15(4)10-14(2,3)16/h6-8,16H,9-10H2,1-5H3. The summed E-state index contributed by atoms with van der Waals surface area (Å²) in [5.74, 6) is 0.916. The van der Waals surface area contributed by atoms with Crippen LogP contribution in [0, 0.1) is 6.92 Å². The van der Waals surface area contributed by atoms with Gasteiger partial charge in [0, 0.05) is 13.1 Å². The van der Waals surface area contributed by atoms with E-state index in [1.165, 1.54) is 5.56 Å². The summed E-state index contributed by atoms with van der Waals surface area (Å²) in [5, 5.41) is 9.74. The molecule has 96 valence electrons. The topological polar surface area (TPSA) is 32.7 Å². The predicted molar refractivity (Wildman–Crippen MR) is 70.4 cm³/mol. The highest BCUT2D eigenvalue weighted by Gasteiger charge is 2.15. The van der Waals surface area contributed by atoms with Crippen molar-refractivity contribution in [3.05, 3.63) is 29.3 Å². The first-order chi connectivity index (χ1) is 7.81. The lowest BCUT2D eigenvalue weighted by Gasteiger charge is -2.25. The van der Waals surface area contributed by atoms with Crippen LogP contribution in [-0.2, 0) is 6.54 Å². The van der Waals surface area contributed by atoms with Gasteiger partial charge in [-0.25, -0.2) is 0 Å². The van der Waals surface area contributed by atoms with Gasteiger partial charge in [-0.1, -0.05) is 12.1 Å². The molecule has 1 N–H and O–H groups in total. The van der Waals surface area contributed by atoms with E-state index in [4.69, 9.17) is 4.74 Å². The second kappa shape index (κ2) is 5.52. The third-order valence-electron chi connectivity index (χ3n) is 2.57. The molecule has 0 heterocycles. The molecule has 0 radical (unpaired) electrons. The zero-order chi connectivity index (χ0) is 13.1. The van der Waals surface area contributed by atoms with Crippen molar-refractivity contribution in [3.8, 4) is 5.75 Å². The van der Waals surface area contributed by atoms with E-state index in [1.807, 2.05) is 33.9 Å². The number of nitrogens with zero attached hydrogens (tertiary/aromatic N) is 1. The molecular weight excluding hydrogens is 214 g/mol. The number of methoxy groups -OCH3 is 1. The maximum absolute atomic E-state index is 9.74. The Kier molecular flexibility index (Phi) is 4.54. The zero-order valence-corrected chi connectivity index (χ0v) is 11.4. The molecule has 1 aromatic carbocycles. The van der Waals surface area contributed by atoms with E-state index in [9.17, 15) is 5.11 Å². The Morgan fingerprint density at radius 1 is 1.35 bits per heavy atom. The highest BCUT2D eigenvalue weighted by molar-refractivity contribution is 5.36. The third-order valence-corrected chi connectivity index (χ3v) is 2.57. The second-order valence-corrected chi connectivity index (χ2v) is 5.29. The van der Waals surface area contributed by atoms with Crippen molar-refractivity contribution >= 4 is 0 Å². The molecular formula is C14H23NO2. The van der Waals surface area contributed by atoms with Crippen molar-refractivity contribution < 1.29 is 9.84 Å². The Bertz CT molecular complexity index is 369. The number of aryl methyl sites for hydroxylation is 1. The van der Waals surface area contributed by atoms with Crippen LogP contribution in [0.15, 0.2) is 18.2 Å². The average Bonchev–Trinajstić information content (AvgIpc) is 2.14. The maximum atomic E-state index is 9.74. The van der Waals surface area contributed by atoms with Gasteiger partial charge in [0.2, 0.25) is 0 Å². The molecule has 0 fully saturated rings. The van der Waals surface area contributed by atoms with Gasteiger partial charge in [0.25, 0.3) is 0 Å². The number of likely N-dealkylation sites (N-methyl/N-ethyl adjacent to an activating group) is 1. The van der Waals surface area contributed by atoms with Gasteiger partial charge in [0.15, 0.2) is 0 Å². The van der Waals surface area contributed by atoms with E-state index in [1.54, 1.807) is 7.11 Å². The minimum Gasteiger partial charge on any atom is -0.496 e. The summed E-state index contributed by atoms with van der Waals surface area (Å²) in [4.78, 5) is 2.11. The number of ether oxygens (including phenoxy) is 1. The second-order valence-electron chi connectivity index (χ2n) is 5.29. The molecule has 0 saturated carbocycles. The maximum Gasteiger partial charge on any atom is 0.121 e. The fourth-order valence-corrected chi connectivity index (χ4v) is 2.07. The summed E-state index contributed by atoms with van der Waals surface area (Å²) < 4.78 is 5.23. The third kappa shape index (κ3) is 4.75. The molecule has 0 spiro atoms. The minimum atomic E-state index is -0.656. The van der Waals surface area contributed by atoms with Crippen LogP contribution in [0.1, 0.15) is 25.0 Å². The highest BCUT2D eigenvalue weighted by Crippen LogP contribution is 2.19. The van der Waals surface area contributed by atoms with Crippen LogP contribution in [-0.4, -0.2) is 36.3 Å². The molecule has 0 aliphatic rings. The van der Waals surface area contributed by atoms with Crippen LogP contribution in [0.2, 0.25) is 0 Å². The SMILES string of the molecule is COc1ccc(CN(C)CC(C)(C)O)cc1C. The molecule has 0 aliphatic heterocycles. The Hall–Kier alpha value is -1.06. The molecule has 0 aliphatic carbocycles. The van der Waals surface area contributed by atoms with Gasteiger partial charge < -0.3 is 9.84 Å². The van der Waals surface area contributed by atoms with E-state index < -0.39 is 5.60 Å². The monoisotopic (exact) mass is 237 g/mol. The quantitative estimate of drug-likeness (QED) is 0.852. The first-order valence-electron chi connectivity index (χ1n) is 5.86. The zero-order valence-electron chi connectivity index (χ0n) is 11.4. The summed E-state index contributed by atoms with van der Waals surface area (Å²) in [5.41, 5.74) is 1.72. The Morgan fingerprint density at radius 2 is 2.00 bits per heavy atom. The van der Waals surface area contributed by atoms with Crippen LogP contribution in [0.5, 0.6) is 5.75 Å². The first kappa shape index (κ1) is 14.0. The molecule has 3 nitrogen and oxygen atoms in total. The molecule has 1 rings (SSSR count). The number of aliphatic hydroxyl groups is 1. The number of hydrogen-bond donors (Lipinski definition) is 1. The van der Waals surface area contributed by atoms with Crippen molar-refractivity contribution in [2.24, 2.45) is 0 Å². The Morgan fingerprint density at radius 3 is 2.47 bits per heavy atom. The molecule has 0 atom stereocenters. The summed E-state index contributed by atoms with van der Waals surface area (Å²) in [7, 11) is 3.69. The predicted octanol–water partition coefficient (Wildman–Crippen LogP) is 2.21. The number of rotatable bonds is 5. The van der Waals surface area contributed by atoms with Crippen molar-refractivity contribution in [1.29, 1.82) is 0 Å². The Balaban J connectivity index is 2.66. The van der Waals surface area contributed by atoms with Crippen LogP contribution < -0.4 is 4.74 Å². The lowest BCUT2D eigenvalue weighted by molar-refractivity contribution is 0.0425. The van der Waals surface area contributed by atoms with Gasteiger partial charge >= 0.3 is 0 Å². The molecule has 0 amide bonds. The van der Waals surface area contributed by atoms with Crippen LogP contribution >= 0.6 is 0 Å². The number of hydrogen-bond acceptors (Lipinski definition) is 3. The van der Waals surface area contributed by atoms with Gasteiger partial charge in [0.05, 0.1) is 12.7 Å². The molecule has 0 bridgehead atoms. The van der Waals surface area contributed by atoms with Gasteiger partial charge in [-0.2, -0.15) is 0 Å². The smallest absolute Gasteiger partial charge is 0.121 e. The fraction of sp³-hybridized carbons (Fsp3) is 0.571. The molecule has 3 heteroatoms. The first-order valence-corrected chi connectivity index (χ1v) is 5.86. The normalized spacial score (nSPS) is 11.9. The minimum absolute atomic E-state index is 0.651. The van der Waals surface area contributed by atoms with Gasteiger partial charge in [-0.05, 0) is 45.0 Å². The summed E-state index contributed by atoms with van der Waals surface area (Å²) in [6, 6.07) is 6.18. The lowest BCUT2D eigenvalue weighted by Crippen LogP contribution is -2.35. The summed E-state index contributed by atoms with van der Waals surface area (Å²) in [6.45, 7) is 7.16. The van der Waals surface area contributed by atoms with Gasteiger partial charge in [-0.15, -0.1) is 0 Å². The fourth-order valence-electron chi connectivity index (χ4n) is 2.07. The highest BCUT2D eigenvalue weighted by atomic mass is 16.5. The van der Waals surface area contributed by atoms with Crippen LogP contribution in [0.3, 0.4) is 0 Å². The van der Waals surface area contributed by atoms with Crippen molar-refractivity contribution in [2.75, 3.05) is 20.7 Å². The molecule has 0 saturated heterocycles. The number of benzene rings is 1. The van der Waals surface area contributed by atoms with E-state index >= 15 is 0 Å². The van der Waals surface area contributed by atoms with Gasteiger partial charge in [0.1, 0.15) is 5.75 Å². The van der Waals surface area contributed by atoms with E-state index in [0.29, 0.717) is 6.54 Å². The van der Waals surface area contributed by atoms with Crippen molar-refractivity contribution in [1.82, 2.24) is 4.90 Å². The van der Waals surface area contributed by atoms with E-state index in [-0.39, 0.29) is 0 Å². The van der Waals surface area contributed by atoms with Crippen molar-refractivity contribution in [3.63, 3.8) is 0 Å². The van der Waals surface area contributed by atoms with E-state index in [2.05, 4.69) is 17.0 Å². The van der Waals surface area contributed by atoms with Gasteiger partial charge in [-0.3, -0.25) is 4.90 Å². The van der Waals surface area contributed by atoms with E-state index in [0.717, 1.165) is 17.9 Å². The lowest BCUT2D eigenvalue weighted by atomic mass is 10.1.